The number of aromatic nitrogens is 3. The van der Waals surface area contributed by atoms with Crippen LogP contribution in [-0.4, -0.2) is 14.6 Å². The Morgan fingerprint density at radius 1 is 0.844 bits per heavy atom. The Labute approximate surface area is 190 Å². The molecule has 2 aromatic heterocycles. The Kier molecular flexibility index (Phi) is 5.13. The molecule has 0 saturated heterocycles. The van der Waals surface area contributed by atoms with E-state index < -0.39 is 0 Å². The zero-order valence-electron chi connectivity index (χ0n) is 17.3. The number of aryl methyl sites for hydroxylation is 1. The monoisotopic (exact) mass is 438 g/mol. The summed E-state index contributed by atoms with van der Waals surface area (Å²) in [6, 6.07) is 27.4. The van der Waals surface area contributed by atoms with Gasteiger partial charge in [0.15, 0.2) is 17.2 Å². The highest BCUT2D eigenvalue weighted by atomic mass is 35.5. The second-order valence-corrected chi connectivity index (χ2v) is 7.84. The minimum atomic E-state index is 0.258. The number of nitrogens with zero attached hydrogens (tertiary/aromatic N) is 5. The van der Waals surface area contributed by atoms with Crippen LogP contribution in [0.15, 0.2) is 95.2 Å². The molecule has 0 saturated carbocycles. The minimum absolute atomic E-state index is 0.258. The van der Waals surface area contributed by atoms with Crippen LogP contribution in [0.4, 0.5) is 17.2 Å². The van der Waals surface area contributed by atoms with Gasteiger partial charge in [-0.25, -0.2) is 9.50 Å². The molecule has 0 aliphatic rings. The maximum atomic E-state index is 6.25. The van der Waals surface area contributed by atoms with Gasteiger partial charge < -0.3 is 5.73 Å². The number of anilines is 1. The summed E-state index contributed by atoms with van der Waals surface area (Å²) in [5, 5.41) is 13.9. The number of benzene rings is 3. The third kappa shape index (κ3) is 3.84. The molecule has 0 atom stereocenters. The molecule has 156 valence electrons. The molecule has 0 unspecified atom stereocenters. The summed E-state index contributed by atoms with van der Waals surface area (Å²) in [7, 11) is 0. The zero-order chi connectivity index (χ0) is 22.1. The lowest BCUT2D eigenvalue weighted by Crippen LogP contribution is -1.99. The number of fused-ring (bicyclic) bond motifs is 1. The van der Waals surface area contributed by atoms with Crippen LogP contribution >= 0.6 is 11.6 Å². The highest BCUT2D eigenvalue weighted by Gasteiger charge is 2.17. The summed E-state index contributed by atoms with van der Waals surface area (Å²) in [5.41, 5.74) is 12.7. The highest BCUT2D eigenvalue weighted by Crippen LogP contribution is 2.34. The molecular formula is C25H19ClN6. The molecule has 32 heavy (non-hydrogen) atoms. The summed E-state index contributed by atoms with van der Waals surface area (Å²) in [6.07, 6.45) is 0. The molecule has 7 heteroatoms. The second kappa shape index (κ2) is 8.24. The van der Waals surface area contributed by atoms with E-state index in [0.717, 1.165) is 22.5 Å². The quantitative estimate of drug-likeness (QED) is 0.306. The normalized spacial score (nSPS) is 11.4. The van der Waals surface area contributed by atoms with Crippen LogP contribution < -0.4 is 5.73 Å². The van der Waals surface area contributed by atoms with Gasteiger partial charge in [-0.3, -0.25) is 0 Å². The summed E-state index contributed by atoms with van der Waals surface area (Å²) in [6.45, 7) is 2.06. The van der Waals surface area contributed by atoms with Crippen LogP contribution in [0, 0.1) is 6.92 Å². The van der Waals surface area contributed by atoms with E-state index in [9.17, 15) is 0 Å². The van der Waals surface area contributed by atoms with E-state index in [1.165, 1.54) is 5.56 Å². The van der Waals surface area contributed by atoms with Crippen molar-refractivity contribution in [2.24, 2.45) is 10.2 Å². The Hall–Kier alpha value is -4.03. The number of azo groups is 1. The molecule has 0 aliphatic heterocycles. The Bertz CT molecular complexity index is 1420. The largest absolute Gasteiger partial charge is 0.380 e. The topological polar surface area (TPSA) is 80.9 Å². The van der Waals surface area contributed by atoms with E-state index >= 15 is 0 Å². The van der Waals surface area contributed by atoms with Crippen molar-refractivity contribution in [1.82, 2.24) is 14.6 Å². The fraction of sp³-hybridized carbons (Fsp3) is 0.0400. The van der Waals surface area contributed by atoms with Crippen molar-refractivity contribution in [1.29, 1.82) is 0 Å². The SMILES string of the molecule is Cc1ccc(-c2cc(-c3ccccc3)nc3c(N=Nc4ccc(Cl)cc4)c(N)nn23)cc1. The van der Waals surface area contributed by atoms with Crippen LogP contribution in [0.25, 0.3) is 28.2 Å². The smallest absolute Gasteiger partial charge is 0.186 e. The van der Waals surface area contributed by atoms with Crippen LogP contribution in [0.3, 0.4) is 0 Å². The third-order valence-corrected chi connectivity index (χ3v) is 5.35. The summed E-state index contributed by atoms with van der Waals surface area (Å²) >= 11 is 5.96. The van der Waals surface area contributed by atoms with Crippen LogP contribution in [0.5, 0.6) is 0 Å². The lowest BCUT2D eigenvalue weighted by atomic mass is 10.1. The van der Waals surface area contributed by atoms with Crippen molar-refractivity contribution < 1.29 is 0 Å². The Morgan fingerprint density at radius 3 is 2.28 bits per heavy atom. The minimum Gasteiger partial charge on any atom is -0.380 e. The van der Waals surface area contributed by atoms with E-state index in [1.807, 2.05) is 36.4 Å². The molecule has 3 aromatic carbocycles. The lowest BCUT2D eigenvalue weighted by Gasteiger charge is -2.09. The molecule has 2 N–H and O–H groups in total. The molecule has 0 fully saturated rings. The fourth-order valence-corrected chi connectivity index (χ4v) is 3.55. The summed E-state index contributed by atoms with van der Waals surface area (Å²) in [4.78, 5) is 4.84. The standard InChI is InChI=1S/C25H19ClN6/c1-16-7-9-18(10-8-16)22-15-21(17-5-3-2-4-6-17)28-25-23(24(27)31-32(22)25)30-29-20-13-11-19(26)12-14-20/h2-15H,1H3,(H2,27,31). The van der Waals surface area contributed by atoms with Crippen LogP contribution in [0.1, 0.15) is 5.56 Å². The van der Waals surface area contributed by atoms with Crippen molar-refractivity contribution in [3.8, 4) is 22.5 Å². The third-order valence-electron chi connectivity index (χ3n) is 5.10. The van der Waals surface area contributed by atoms with Gasteiger partial charge in [0.05, 0.1) is 17.1 Å². The number of nitrogens with two attached hydrogens (primary N) is 1. The van der Waals surface area contributed by atoms with Gasteiger partial charge in [-0.2, -0.15) is 5.11 Å². The van der Waals surface area contributed by atoms with Gasteiger partial charge in [0, 0.05) is 16.1 Å². The Morgan fingerprint density at radius 2 is 1.56 bits per heavy atom. The first-order valence-electron chi connectivity index (χ1n) is 10.1. The Balaban J connectivity index is 1.72. The van der Waals surface area contributed by atoms with E-state index in [1.54, 1.807) is 28.8 Å². The van der Waals surface area contributed by atoms with Crippen LogP contribution in [-0.2, 0) is 0 Å². The molecule has 5 rings (SSSR count). The first-order chi connectivity index (χ1) is 15.6. The van der Waals surface area contributed by atoms with Gasteiger partial charge in [0.2, 0.25) is 0 Å². The van der Waals surface area contributed by atoms with Crippen molar-refractivity contribution in [3.63, 3.8) is 0 Å². The molecule has 5 aromatic rings. The van der Waals surface area contributed by atoms with Crippen molar-refractivity contribution in [2.45, 2.75) is 6.92 Å². The van der Waals surface area contributed by atoms with Gasteiger partial charge in [0.25, 0.3) is 0 Å². The maximum absolute atomic E-state index is 6.25. The molecule has 2 heterocycles. The zero-order valence-corrected chi connectivity index (χ0v) is 18.0. The van der Waals surface area contributed by atoms with E-state index in [-0.39, 0.29) is 5.82 Å². The van der Waals surface area contributed by atoms with Gasteiger partial charge in [-0.15, -0.1) is 10.2 Å². The fourth-order valence-electron chi connectivity index (χ4n) is 3.42. The molecular weight excluding hydrogens is 420 g/mol. The first-order valence-corrected chi connectivity index (χ1v) is 10.5. The van der Waals surface area contributed by atoms with Crippen molar-refractivity contribution >= 4 is 34.4 Å². The van der Waals surface area contributed by atoms with E-state index in [2.05, 4.69) is 46.5 Å². The molecule has 0 spiro atoms. The maximum Gasteiger partial charge on any atom is 0.186 e. The number of hydrogen-bond acceptors (Lipinski definition) is 5. The van der Waals surface area contributed by atoms with Gasteiger partial charge >= 0.3 is 0 Å². The van der Waals surface area contributed by atoms with Crippen molar-refractivity contribution in [2.75, 3.05) is 5.73 Å². The summed E-state index contributed by atoms with van der Waals surface area (Å²) in [5.74, 6) is 0.258. The first kappa shape index (κ1) is 19.9. The predicted octanol–water partition coefficient (Wildman–Crippen LogP) is 7.02. The average Bonchev–Trinajstić information content (AvgIpc) is 3.14. The highest BCUT2D eigenvalue weighted by molar-refractivity contribution is 6.30. The van der Waals surface area contributed by atoms with E-state index in [0.29, 0.717) is 22.0 Å². The molecule has 0 aliphatic carbocycles. The summed E-state index contributed by atoms with van der Waals surface area (Å²) < 4.78 is 1.72. The molecule has 0 bridgehead atoms. The predicted molar refractivity (Wildman–Crippen MR) is 129 cm³/mol. The number of nitrogen functional groups attached to an aromatic ring is 1. The van der Waals surface area contributed by atoms with Crippen LogP contribution in [0.2, 0.25) is 5.02 Å². The van der Waals surface area contributed by atoms with E-state index in [4.69, 9.17) is 22.3 Å². The second-order valence-electron chi connectivity index (χ2n) is 7.40. The van der Waals surface area contributed by atoms with Gasteiger partial charge in [-0.05, 0) is 37.3 Å². The molecule has 0 amide bonds. The molecule has 6 nitrogen and oxygen atoms in total. The average molecular weight is 439 g/mol. The molecule has 0 radical (unpaired) electrons. The van der Waals surface area contributed by atoms with Gasteiger partial charge in [0.1, 0.15) is 0 Å². The number of rotatable bonds is 4. The lowest BCUT2D eigenvalue weighted by molar-refractivity contribution is 0.955. The van der Waals surface area contributed by atoms with Gasteiger partial charge in [-0.1, -0.05) is 71.8 Å². The number of halogens is 1. The van der Waals surface area contributed by atoms with Crippen molar-refractivity contribution in [3.05, 3.63) is 95.5 Å². The number of hydrogen-bond donors (Lipinski definition) is 1.